The molecule has 0 bridgehead atoms. The Balaban J connectivity index is 1.62. The highest BCUT2D eigenvalue weighted by Crippen LogP contribution is 2.36. The van der Waals surface area contributed by atoms with Gasteiger partial charge in [0.1, 0.15) is 0 Å². The van der Waals surface area contributed by atoms with Gasteiger partial charge in [0.2, 0.25) is 11.8 Å². The predicted octanol–water partition coefficient (Wildman–Crippen LogP) is 2.55. The van der Waals surface area contributed by atoms with Gasteiger partial charge in [-0.15, -0.1) is 0 Å². The molecule has 2 amide bonds. The van der Waals surface area contributed by atoms with Crippen LogP contribution in [0.3, 0.4) is 0 Å². The number of amides is 2. The van der Waals surface area contributed by atoms with Crippen LogP contribution in [0.4, 0.5) is 0 Å². The van der Waals surface area contributed by atoms with Crippen LogP contribution in [-0.2, 0) is 24.5 Å². The van der Waals surface area contributed by atoms with Crippen LogP contribution in [0.2, 0.25) is 0 Å². The summed E-state index contributed by atoms with van der Waals surface area (Å²) in [5.41, 5.74) is 1.26. The highest BCUT2D eigenvalue weighted by atomic mass is 16.7. The molecule has 0 aromatic heterocycles. The molecule has 0 spiro atoms. The third kappa shape index (κ3) is 3.37. The Labute approximate surface area is 142 Å². The molecule has 0 radical (unpaired) electrons. The number of nitrogens with zero attached hydrogens (tertiary/aromatic N) is 1. The second-order valence-corrected chi connectivity index (χ2v) is 6.89. The monoisotopic (exact) mass is 331 g/mol. The van der Waals surface area contributed by atoms with E-state index >= 15 is 0 Å². The molecule has 2 unspecified atom stereocenters. The Morgan fingerprint density at radius 1 is 1.25 bits per heavy atom. The van der Waals surface area contributed by atoms with Gasteiger partial charge in [-0.1, -0.05) is 29.8 Å². The Hall–Kier alpha value is -1.72. The minimum atomic E-state index is -0.772. The molecular formula is C19H25NO4. The van der Waals surface area contributed by atoms with E-state index in [4.69, 9.17) is 9.47 Å². The largest absolute Gasteiger partial charge is 0.353 e. The maximum absolute atomic E-state index is 12.8. The number of aryl methyl sites for hydroxylation is 1. The molecular weight excluding hydrogens is 306 g/mol. The molecule has 1 aromatic rings. The number of hydrogen-bond donors (Lipinski definition) is 0. The van der Waals surface area contributed by atoms with Crippen LogP contribution >= 0.6 is 0 Å². The van der Waals surface area contributed by atoms with Crippen molar-refractivity contribution < 1.29 is 19.1 Å². The SMILES string of the molecule is Cc1ccc(C2(C)CC(=O)N(CCOC3CCCCO3)C2=O)cc1. The highest BCUT2D eigenvalue weighted by molar-refractivity contribution is 6.08. The zero-order chi connectivity index (χ0) is 17.2. The van der Waals surface area contributed by atoms with Crippen molar-refractivity contribution in [2.45, 2.75) is 51.2 Å². The van der Waals surface area contributed by atoms with Crippen LogP contribution in [0.25, 0.3) is 0 Å². The number of ether oxygens (including phenoxy) is 2. The second kappa shape index (κ2) is 7.03. The van der Waals surface area contributed by atoms with E-state index in [2.05, 4.69) is 0 Å². The van der Waals surface area contributed by atoms with Crippen LogP contribution in [0, 0.1) is 6.92 Å². The zero-order valence-corrected chi connectivity index (χ0v) is 14.4. The van der Waals surface area contributed by atoms with Crippen LogP contribution in [0.15, 0.2) is 24.3 Å². The number of carbonyl (C=O) groups excluding carboxylic acids is 2. The standard InChI is InChI=1S/C19H25NO4/c1-14-6-8-15(9-7-14)19(2)13-16(21)20(18(19)22)10-12-24-17-5-3-4-11-23-17/h6-9,17H,3-5,10-13H2,1-2H3. The summed E-state index contributed by atoms with van der Waals surface area (Å²) in [5, 5.41) is 0. The summed E-state index contributed by atoms with van der Waals surface area (Å²) < 4.78 is 11.2. The number of rotatable bonds is 5. The van der Waals surface area contributed by atoms with Crippen molar-refractivity contribution in [3.63, 3.8) is 0 Å². The molecule has 24 heavy (non-hydrogen) atoms. The molecule has 2 aliphatic rings. The van der Waals surface area contributed by atoms with E-state index in [0.717, 1.165) is 37.0 Å². The lowest BCUT2D eigenvalue weighted by molar-refractivity contribution is -0.167. The average molecular weight is 331 g/mol. The number of benzene rings is 1. The van der Waals surface area contributed by atoms with Gasteiger partial charge < -0.3 is 9.47 Å². The van der Waals surface area contributed by atoms with E-state index in [1.165, 1.54) is 4.90 Å². The molecule has 2 saturated heterocycles. The number of carbonyl (C=O) groups is 2. The van der Waals surface area contributed by atoms with Crippen LogP contribution in [-0.4, -0.2) is 42.8 Å². The topological polar surface area (TPSA) is 55.8 Å². The first kappa shape index (κ1) is 17.1. The zero-order valence-electron chi connectivity index (χ0n) is 14.4. The van der Waals surface area contributed by atoms with Crippen molar-refractivity contribution in [3.8, 4) is 0 Å². The van der Waals surface area contributed by atoms with Crippen molar-refractivity contribution in [1.29, 1.82) is 0 Å². The molecule has 0 saturated carbocycles. The molecule has 2 heterocycles. The first-order valence-electron chi connectivity index (χ1n) is 8.66. The molecule has 5 nitrogen and oxygen atoms in total. The van der Waals surface area contributed by atoms with E-state index in [9.17, 15) is 9.59 Å². The fourth-order valence-electron chi connectivity index (χ4n) is 3.38. The van der Waals surface area contributed by atoms with Crippen LogP contribution in [0.1, 0.15) is 43.7 Å². The van der Waals surface area contributed by atoms with E-state index in [-0.39, 0.29) is 24.5 Å². The minimum absolute atomic E-state index is 0.128. The maximum Gasteiger partial charge on any atom is 0.240 e. The molecule has 130 valence electrons. The van der Waals surface area contributed by atoms with Crippen LogP contribution < -0.4 is 0 Å². The van der Waals surface area contributed by atoms with Crippen molar-refractivity contribution in [2.75, 3.05) is 19.8 Å². The lowest BCUT2D eigenvalue weighted by Gasteiger charge is -2.25. The van der Waals surface area contributed by atoms with E-state index in [0.29, 0.717) is 13.2 Å². The third-order valence-electron chi connectivity index (χ3n) is 4.97. The van der Waals surface area contributed by atoms with E-state index in [1.807, 2.05) is 38.1 Å². The van der Waals surface area contributed by atoms with Gasteiger partial charge in [0.05, 0.1) is 18.6 Å². The fraction of sp³-hybridized carbons (Fsp3) is 0.579. The van der Waals surface area contributed by atoms with Gasteiger partial charge in [-0.2, -0.15) is 0 Å². The summed E-state index contributed by atoms with van der Waals surface area (Å²) in [7, 11) is 0. The third-order valence-corrected chi connectivity index (χ3v) is 4.97. The lowest BCUT2D eigenvalue weighted by Crippen LogP contribution is -2.39. The Morgan fingerprint density at radius 3 is 2.67 bits per heavy atom. The van der Waals surface area contributed by atoms with Crippen molar-refractivity contribution in [3.05, 3.63) is 35.4 Å². The lowest BCUT2D eigenvalue weighted by atomic mass is 9.81. The Morgan fingerprint density at radius 2 is 2.00 bits per heavy atom. The normalized spacial score (nSPS) is 27.8. The van der Waals surface area contributed by atoms with E-state index in [1.54, 1.807) is 0 Å². The van der Waals surface area contributed by atoms with Crippen molar-refractivity contribution >= 4 is 11.8 Å². The van der Waals surface area contributed by atoms with Gasteiger partial charge in [-0.3, -0.25) is 14.5 Å². The first-order chi connectivity index (χ1) is 11.5. The average Bonchev–Trinajstić information content (AvgIpc) is 2.80. The van der Waals surface area contributed by atoms with Gasteiger partial charge in [0, 0.05) is 13.0 Å². The fourth-order valence-corrected chi connectivity index (χ4v) is 3.38. The smallest absolute Gasteiger partial charge is 0.240 e. The Bertz CT molecular complexity index is 606. The highest BCUT2D eigenvalue weighted by Gasteiger charge is 2.49. The molecule has 5 heteroatoms. The van der Waals surface area contributed by atoms with Gasteiger partial charge in [0.15, 0.2) is 6.29 Å². The number of likely N-dealkylation sites (tertiary alicyclic amines) is 1. The van der Waals surface area contributed by atoms with Gasteiger partial charge in [-0.25, -0.2) is 0 Å². The molecule has 2 atom stereocenters. The summed E-state index contributed by atoms with van der Waals surface area (Å²) in [5.74, 6) is -0.263. The molecule has 2 aliphatic heterocycles. The van der Waals surface area contributed by atoms with E-state index < -0.39 is 5.41 Å². The molecule has 1 aromatic carbocycles. The first-order valence-corrected chi connectivity index (χ1v) is 8.66. The molecule has 0 N–H and O–H groups in total. The van der Waals surface area contributed by atoms with Crippen molar-refractivity contribution in [1.82, 2.24) is 4.90 Å². The van der Waals surface area contributed by atoms with Crippen LogP contribution in [0.5, 0.6) is 0 Å². The number of hydrogen-bond acceptors (Lipinski definition) is 4. The summed E-state index contributed by atoms with van der Waals surface area (Å²) >= 11 is 0. The maximum atomic E-state index is 12.8. The second-order valence-electron chi connectivity index (χ2n) is 6.89. The minimum Gasteiger partial charge on any atom is -0.353 e. The molecule has 2 fully saturated rings. The van der Waals surface area contributed by atoms with Gasteiger partial charge in [0.25, 0.3) is 0 Å². The summed E-state index contributed by atoms with van der Waals surface area (Å²) in [6.45, 7) is 5.19. The number of imide groups is 1. The van der Waals surface area contributed by atoms with Gasteiger partial charge in [-0.05, 0) is 38.7 Å². The Kier molecular flexibility index (Phi) is 5.01. The van der Waals surface area contributed by atoms with Crippen molar-refractivity contribution in [2.24, 2.45) is 0 Å². The predicted molar refractivity (Wildman–Crippen MR) is 89.4 cm³/mol. The summed E-state index contributed by atoms with van der Waals surface area (Å²) in [6, 6.07) is 7.84. The summed E-state index contributed by atoms with van der Waals surface area (Å²) in [6.07, 6.45) is 3.06. The molecule has 0 aliphatic carbocycles. The quantitative estimate of drug-likeness (QED) is 0.778. The molecule has 3 rings (SSSR count). The summed E-state index contributed by atoms with van der Waals surface area (Å²) in [4.78, 5) is 26.5. The van der Waals surface area contributed by atoms with Gasteiger partial charge >= 0.3 is 0 Å².